The number of esters is 2. The van der Waals surface area contributed by atoms with Gasteiger partial charge in [0.15, 0.2) is 6.10 Å². The average molecular weight is 885 g/mol. The van der Waals surface area contributed by atoms with Gasteiger partial charge in [-0.15, -0.1) is 0 Å². The molecule has 6 N–H and O–H groups in total. The third kappa shape index (κ3) is 29.5. The Labute approximate surface area is 366 Å². The summed E-state index contributed by atoms with van der Waals surface area (Å²) < 4.78 is 33.5. The topological polar surface area (TPSA) is 210 Å². The van der Waals surface area contributed by atoms with Gasteiger partial charge >= 0.3 is 19.8 Å². The highest BCUT2D eigenvalue weighted by Crippen LogP contribution is 2.47. The molecule has 0 aromatic heterocycles. The van der Waals surface area contributed by atoms with E-state index in [1.807, 2.05) is 0 Å². The summed E-state index contributed by atoms with van der Waals surface area (Å²) in [5.74, 6) is -1.14. The van der Waals surface area contributed by atoms with Crippen molar-refractivity contribution >= 4 is 19.8 Å². The molecule has 0 aromatic rings. The Morgan fingerprint density at radius 3 is 1.41 bits per heavy atom. The number of aliphatic hydroxyl groups is 5. The molecule has 0 radical (unpaired) electrons. The number of ether oxygens (including phenoxy) is 2. The van der Waals surface area contributed by atoms with Gasteiger partial charge in [0.25, 0.3) is 0 Å². The molecule has 1 aliphatic rings. The van der Waals surface area contributed by atoms with Gasteiger partial charge in [-0.25, -0.2) is 4.57 Å². The lowest BCUT2D eigenvalue weighted by Gasteiger charge is -2.41. The number of aliphatic hydroxyl groups excluding tert-OH is 5. The Balaban J connectivity index is 2.47. The van der Waals surface area contributed by atoms with Crippen LogP contribution in [0.25, 0.3) is 0 Å². The summed E-state index contributed by atoms with van der Waals surface area (Å²) in [5.41, 5.74) is 0. The lowest BCUT2D eigenvalue weighted by atomic mass is 9.85. The van der Waals surface area contributed by atoms with Crippen LogP contribution in [0.5, 0.6) is 0 Å². The summed E-state index contributed by atoms with van der Waals surface area (Å²) in [6, 6.07) is 0. The zero-order valence-electron chi connectivity index (χ0n) is 37.2. The van der Waals surface area contributed by atoms with Crippen molar-refractivity contribution in [3.05, 3.63) is 60.8 Å². The molecule has 14 heteroatoms. The lowest BCUT2D eigenvalue weighted by Crippen LogP contribution is -2.64. The highest BCUT2D eigenvalue weighted by molar-refractivity contribution is 7.47. The third-order valence-electron chi connectivity index (χ3n) is 10.3. The summed E-state index contributed by atoms with van der Waals surface area (Å²) in [5, 5.41) is 50.1. The van der Waals surface area contributed by atoms with Crippen molar-refractivity contribution in [3.63, 3.8) is 0 Å². The fraction of sp³-hybridized carbons (Fsp3) is 0.745. The normalized spacial score (nSPS) is 22.6. The van der Waals surface area contributed by atoms with Crippen LogP contribution >= 0.6 is 7.82 Å². The van der Waals surface area contributed by atoms with Gasteiger partial charge < -0.3 is 39.9 Å². The third-order valence-corrected chi connectivity index (χ3v) is 11.3. The van der Waals surface area contributed by atoms with E-state index >= 15 is 0 Å². The number of carbonyl (C=O) groups is 2. The maximum Gasteiger partial charge on any atom is 0.472 e. The van der Waals surface area contributed by atoms with Gasteiger partial charge in [0, 0.05) is 12.8 Å². The number of hydrogen-bond donors (Lipinski definition) is 6. The summed E-state index contributed by atoms with van der Waals surface area (Å²) in [4.78, 5) is 35.7. The molecule has 352 valence electrons. The number of phosphoric acid groups is 1. The van der Waals surface area contributed by atoms with Crippen molar-refractivity contribution in [1.82, 2.24) is 0 Å². The lowest BCUT2D eigenvalue weighted by molar-refractivity contribution is -0.220. The van der Waals surface area contributed by atoms with Gasteiger partial charge in [-0.1, -0.05) is 139 Å². The molecule has 0 spiro atoms. The number of phosphoric ester groups is 1. The highest BCUT2D eigenvalue weighted by Gasteiger charge is 2.51. The summed E-state index contributed by atoms with van der Waals surface area (Å²) in [6.07, 6.45) is 31.3. The predicted molar refractivity (Wildman–Crippen MR) is 239 cm³/mol. The number of hydrogen-bond acceptors (Lipinski definition) is 12. The zero-order chi connectivity index (χ0) is 45.0. The number of rotatable bonds is 37. The number of unbranched alkanes of at least 4 members (excludes halogenated alkanes) is 15. The molecule has 1 aliphatic carbocycles. The van der Waals surface area contributed by atoms with Gasteiger partial charge in [0.2, 0.25) is 0 Å². The first-order chi connectivity index (χ1) is 29.4. The minimum absolute atomic E-state index is 0.0764. The van der Waals surface area contributed by atoms with Gasteiger partial charge in [-0.3, -0.25) is 18.6 Å². The average Bonchev–Trinajstić information content (AvgIpc) is 3.24. The standard InChI is InChI=1S/C47H81O13P/c1-3-5-7-9-11-13-15-17-18-19-20-21-22-24-26-28-30-32-34-36-41(49)59-39(38-58-61(55,56)60-47-45(53)43(51)42(50)44(52)46(47)54)37-57-40(48)35-33-31-29-27-25-23-16-14-12-10-8-6-4-2/h8,10-11,13-14,16-18,20-21,39,42-47,50-54H,3-7,9,12,15,19,22-38H2,1-2H3,(H,55,56)/b10-8-,13-11-,16-14-,18-17-,21-20-/t39-,42?,43-,44?,45?,46?,47?/m1/s1. The highest BCUT2D eigenvalue weighted by atomic mass is 31.2. The van der Waals surface area contributed by atoms with Crippen molar-refractivity contribution in [1.29, 1.82) is 0 Å². The smallest absolute Gasteiger partial charge is 0.462 e. The molecule has 0 heterocycles. The molecule has 13 nitrogen and oxygen atoms in total. The second-order valence-electron chi connectivity index (χ2n) is 15.9. The first-order valence-electron chi connectivity index (χ1n) is 23.1. The Morgan fingerprint density at radius 1 is 0.508 bits per heavy atom. The molecule has 1 rings (SSSR count). The van der Waals surface area contributed by atoms with Gasteiger partial charge in [-0.2, -0.15) is 0 Å². The van der Waals surface area contributed by atoms with E-state index in [1.54, 1.807) is 0 Å². The maximum absolute atomic E-state index is 12.8. The molecular weight excluding hydrogens is 803 g/mol. The van der Waals surface area contributed by atoms with E-state index in [4.69, 9.17) is 18.5 Å². The monoisotopic (exact) mass is 885 g/mol. The van der Waals surface area contributed by atoms with E-state index in [9.17, 15) is 44.6 Å². The summed E-state index contributed by atoms with van der Waals surface area (Å²) in [7, 11) is -5.13. The molecular formula is C47H81O13P. The van der Waals surface area contributed by atoms with Crippen LogP contribution in [0.2, 0.25) is 0 Å². The van der Waals surface area contributed by atoms with Crippen molar-refractivity contribution in [2.24, 2.45) is 0 Å². The van der Waals surface area contributed by atoms with E-state index in [2.05, 4.69) is 74.6 Å². The van der Waals surface area contributed by atoms with Crippen LogP contribution in [0.3, 0.4) is 0 Å². The molecule has 0 bridgehead atoms. The predicted octanol–water partition coefficient (Wildman–Crippen LogP) is 8.94. The molecule has 61 heavy (non-hydrogen) atoms. The molecule has 1 fully saturated rings. The van der Waals surface area contributed by atoms with Crippen LogP contribution in [-0.2, 0) is 32.7 Å². The van der Waals surface area contributed by atoms with Crippen molar-refractivity contribution in [2.45, 2.75) is 211 Å². The first-order valence-corrected chi connectivity index (χ1v) is 24.6. The molecule has 1 saturated carbocycles. The van der Waals surface area contributed by atoms with E-state index in [0.717, 1.165) is 109 Å². The molecule has 0 aromatic carbocycles. The fourth-order valence-corrected chi connectivity index (χ4v) is 7.54. The van der Waals surface area contributed by atoms with Crippen LogP contribution in [0.1, 0.15) is 168 Å². The Hall–Kier alpha value is -2.45. The minimum atomic E-state index is -5.13. The Morgan fingerprint density at radius 2 is 0.918 bits per heavy atom. The molecule has 0 aliphatic heterocycles. The second kappa shape index (κ2) is 37.0. The van der Waals surface area contributed by atoms with Gasteiger partial charge in [0.1, 0.15) is 43.2 Å². The zero-order valence-corrected chi connectivity index (χ0v) is 38.1. The van der Waals surface area contributed by atoms with Crippen molar-refractivity contribution in [2.75, 3.05) is 13.2 Å². The van der Waals surface area contributed by atoms with E-state index in [0.29, 0.717) is 12.8 Å². The summed E-state index contributed by atoms with van der Waals surface area (Å²) in [6.45, 7) is 3.17. The van der Waals surface area contributed by atoms with Crippen LogP contribution in [-0.4, -0.2) is 98.3 Å². The number of allylic oxidation sites excluding steroid dienone is 10. The molecule has 0 saturated heterocycles. The van der Waals surface area contributed by atoms with Crippen LogP contribution < -0.4 is 0 Å². The van der Waals surface area contributed by atoms with Gasteiger partial charge in [0.05, 0.1) is 6.61 Å². The second-order valence-corrected chi connectivity index (χ2v) is 17.3. The Bertz CT molecular complexity index is 1300. The molecule has 0 amide bonds. The first kappa shape index (κ1) is 56.6. The van der Waals surface area contributed by atoms with E-state index in [1.165, 1.54) is 19.3 Å². The minimum Gasteiger partial charge on any atom is -0.462 e. The van der Waals surface area contributed by atoms with Crippen LogP contribution in [0.15, 0.2) is 60.8 Å². The molecule has 6 unspecified atom stereocenters. The van der Waals surface area contributed by atoms with Crippen LogP contribution in [0, 0.1) is 0 Å². The van der Waals surface area contributed by atoms with Gasteiger partial charge in [-0.05, 0) is 77.0 Å². The largest absolute Gasteiger partial charge is 0.472 e. The van der Waals surface area contributed by atoms with Crippen molar-refractivity contribution in [3.8, 4) is 0 Å². The summed E-state index contributed by atoms with van der Waals surface area (Å²) >= 11 is 0. The maximum atomic E-state index is 12.8. The SMILES string of the molecule is CCC/C=C\C/C=C\CCCCCCCC(=O)OC[C@H](COP(=O)(O)OC1C(O)C(O)C(O)[C@@H](O)C1O)OC(=O)CCCCCCCC/C=C\C/C=C\C/C=C\CCCCC. The fourth-order valence-electron chi connectivity index (χ4n) is 6.57. The van der Waals surface area contributed by atoms with Crippen molar-refractivity contribution < 1.29 is 63.1 Å². The number of carbonyl (C=O) groups excluding carboxylic acids is 2. The van der Waals surface area contributed by atoms with E-state index in [-0.39, 0.29) is 12.8 Å². The quantitative estimate of drug-likeness (QED) is 0.0149. The van der Waals surface area contributed by atoms with Crippen LogP contribution in [0.4, 0.5) is 0 Å². The molecule has 8 atom stereocenters. The van der Waals surface area contributed by atoms with E-state index < -0.39 is 75.7 Å². The Kier molecular flexibility index (Phi) is 34.3.